The fourth-order valence-electron chi connectivity index (χ4n) is 3.07. The van der Waals surface area contributed by atoms with Crippen LogP contribution in [0.4, 0.5) is 4.79 Å². The van der Waals surface area contributed by atoms with Crippen LogP contribution in [0.15, 0.2) is 0 Å². The summed E-state index contributed by atoms with van der Waals surface area (Å²) in [5.41, 5.74) is 0. The van der Waals surface area contributed by atoms with Crippen molar-refractivity contribution >= 4 is 12.1 Å². The summed E-state index contributed by atoms with van der Waals surface area (Å²) in [7, 11) is 0. The van der Waals surface area contributed by atoms with E-state index in [0.29, 0.717) is 24.8 Å². The minimum absolute atomic E-state index is 0.375. The third kappa shape index (κ3) is 1.99. The predicted molar refractivity (Wildman–Crippen MR) is 56.2 cm³/mol. The monoisotopic (exact) mass is 227 g/mol. The van der Waals surface area contributed by atoms with Gasteiger partial charge in [0.1, 0.15) is 6.04 Å². The summed E-state index contributed by atoms with van der Waals surface area (Å²) < 4.78 is 0. The third-order valence-corrected chi connectivity index (χ3v) is 3.93. The van der Waals surface area contributed by atoms with Gasteiger partial charge in [-0.1, -0.05) is 19.3 Å². The number of aliphatic carboxylic acids is 1. The molecule has 0 bridgehead atoms. The maximum Gasteiger partial charge on any atom is 0.408 e. The van der Waals surface area contributed by atoms with Crippen molar-refractivity contribution in [1.29, 1.82) is 0 Å². The van der Waals surface area contributed by atoms with Gasteiger partial charge in [-0.05, 0) is 24.7 Å². The highest BCUT2D eigenvalue weighted by Gasteiger charge is 2.41. The highest BCUT2D eigenvalue weighted by Crippen LogP contribution is 2.38. The van der Waals surface area contributed by atoms with E-state index in [4.69, 9.17) is 10.2 Å². The van der Waals surface area contributed by atoms with Gasteiger partial charge in [-0.15, -0.1) is 0 Å². The zero-order valence-electron chi connectivity index (χ0n) is 9.13. The lowest BCUT2D eigenvalue weighted by Gasteiger charge is -2.43. The van der Waals surface area contributed by atoms with E-state index < -0.39 is 18.1 Å². The van der Waals surface area contributed by atoms with Crippen LogP contribution in [0.3, 0.4) is 0 Å². The van der Waals surface area contributed by atoms with Crippen molar-refractivity contribution in [2.75, 3.05) is 6.54 Å². The molecular weight excluding hydrogens is 210 g/mol. The van der Waals surface area contributed by atoms with Gasteiger partial charge in [-0.25, -0.2) is 9.59 Å². The van der Waals surface area contributed by atoms with Gasteiger partial charge in [0.15, 0.2) is 0 Å². The van der Waals surface area contributed by atoms with E-state index in [-0.39, 0.29) is 0 Å². The maximum atomic E-state index is 11.0. The minimum Gasteiger partial charge on any atom is -0.480 e. The van der Waals surface area contributed by atoms with Crippen molar-refractivity contribution in [3.05, 3.63) is 0 Å². The van der Waals surface area contributed by atoms with Crippen molar-refractivity contribution in [2.24, 2.45) is 11.8 Å². The molecule has 2 fully saturated rings. The van der Waals surface area contributed by atoms with Crippen molar-refractivity contribution in [3.8, 4) is 0 Å². The fraction of sp³-hybridized carbons (Fsp3) is 0.818. The number of hydrogen-bond acceptors (Lipinski definition) is 2. The molecule has 0 spiro atoms. The number of nitrogens with zero attached hydrogens (tertiary/aromatic N) is 1. The molecule has 2 rings (SSSR count). The number of hydrogen-bond donors (Lipinski definition) is 2. The Morgan fingerprint density at radius 2 is 1.69 bits per heavy atom. The largest absolute Gasteiger partial charge is 0.480 e. The molecule has 0 radical (unpaired) electrons. The van der Waals surface area contributed by atoms with Crippen LogP contribution in [0, 0.1) is 11.8 Å². The summed E-state index contributed by atoms with van der Waals surface area (Å²) in [4.78, 5) is 23.2. The molecule has 2 aliphatic rings. The fourth-order valence-corrected chi connectivity index (χ4v) is 3.07. The van der Waals surface area contributed by atoms with Crippen molar-refractivity contribution in [2.45, 2.75) is 38.1 Å². The molecule has 16 heavy (non-hydrogen) atoms. The second-order valence-electron chi connectivity index (χ2n) is 4.83. The lowest BCUT2D eigenvalue weighted by atomic mass is 9.73. The van der Waals surface area contributed by atoms with Crippen LogP contribution < -0.4 is 0 Å². The molecule has 2 N–H and O–H groups in total. The number of carboxylic acids is 1. The number of piperidine rings is 1. The summed E-state index contributed by atoms with van der Waals surface area (Å²) in [6.45, 7) is 0.400. The van der Waals surface area contributed by atoms with Crippen LogP contribution in [-0.2, 0) is 4.79 Å². The van der Waals surface area contributed by atoms with Gasteiger partial charge < -0.3 is 10.2 Å². The Balaban J connectivity index is 2.13. The van der Waals surface area contributed by atoms with Crippen LogP contribution in [0.5, 0.6) is 0 Å². The Morgan fingerprint density at radius 3 is 2.25 bits per heavy atom. The van der Waals surface area contributed by atoms with Crippen LogP contribution in [0.25, 0.3) is 0 Å². The van der Waals surface area contributed by atoms with Gasteiger partial charge in [0.2, 0.25) is 0 Å². The number of carboxylic acid groups (broad SMARTS) is 2. The number of rotatable bonds is 1. The molecule has 1 saturated heterocycles. The molecule has 1 heterocycles. The minimum atomic E-state index is -1.10. The van der Waals surface area contributed by atoms with Crippen LogP contribution in [-0.4, -0.2) is 39.8 Å². The van der Waals surface area contributed by atoms with Gasteiger partial charge in [0.05, 0.1) is 0 Å². The molecule has 1 aliphatic heterocycles. The van der Waals surface area contributed by atoms with E-state index in [9.17, 15) is 9.59 Å². The Bertz CT molecular complexity index is 274. The second kappa shape index (κ2) is 4.31. The first-order valence-corrected chi connectivity index (χ1v) is 5.82. The van der Waals surface area contributed by atoms with E-state index in [2.05, 4.69) is 0 Å². The zero-order valence-corrected chi connectivity index (χ0v) is 9.13. The molecule has 1 aliphatic carbocycles. The topological polar surface area (TPSA) is 77.8 Å². The summed E-state index contributed by atoms with van der Waals surface area (Å²) in [6, 6.07) is -0.836. The molecule has 3 atom stereocenters. The lowest BCUT2D eigenvalue weighted by Crippen LogP contribution is -2.53. The van der Waals surface area contributed by atoms with Crippen LogP contribution >= 0.6 is 0 Å². The maximum absolute atomic E-state index is 11.0. The Hall–Kier alpha value is -1.26. The van der Waals surface area contributed by atoms with E-state index in [1.165, 1.54) is 0 Å². The average molecular weight is 227 g/mol. The molecule has 0 aromatic rings. The van der Waals surface area contributed by atoms with Crippen molar-refractivity contribution in [3.63, 3.8) is 0 Å². The first kappa shape index (κ1) is 11.2. The Morgan fingerprint density at radius 1 is 1.06 bits per heavy atom. The molecule has 0 aromatic carbocycles. The molecule has 5 nitrogen and oxygen atoms in total. The van der Waals surface area contributed by atoms with Gasteiger partial charge in [-0.2, -0.15) is 0 Å². The Kier molecular flexibility index (Phi) is 3.03. The van der Waals surface area contributed by atoms with Crippen LogP contribution in [0.1, 0.15) is 32.1 Å². The number of carbonyl (C=O) groups is 2. The lowest BCUT2D eigenvalue weighted by molar-refractivity contribution is -0.145. The van der Waals surface area contributed by atoms with Gasteiger partial charge in [-0.3, -0.25) is 4.90 Å². The smallest absolute Gasteiger partial charge is 0.408 e. The number of likely N-dealkylation sites (tertiary alicyclic amines) is 1. The van der Waals surface area contributed by atoms with Gasteiger partial charge >= 0.3 is 12.1 Å². The highest BCUT2D eigenvalue weighted by molar-refractivity contribution is 5.79. The molecule has 1 saturated carbocycles. The number of fused-ring (bicyclic) bond motifs is 1. The average Bonchev–Trinajstić information content (AvgIpc) is 2.27. The quantitative estimate of drug-likeness (QED) is 0.713. The van der Waals surface area contributed by atoms with E-state index in [1.807, 2.05) is 0 Å². The first-order valence-electron chi connectivity index (χ1n) is 5.82. The van der Waals surface area contributed by atoms with E-state index >= 15 is 0 Å². The predicted octanol–water partition coefficient (Wildman–Crippen LogP) is 1.63. The molecule has 1 amide bonds. The number of amides is 1. The summed E-state index contributed by atoms with van der Waals surface area (Å²) >= 11 is 0. The molecule has 0 aromatic heterocycles. The van der Waals surface area contributed by atoms with E-state index in [0.717, 1.165) is 30.6 Å². The summed E-state index contributed by atoms with van der Waals surface area (Å²) in [5, 5.41) is 18.1. The SMILES string of the molecule is O=C(O)[C@H]1CC2CCCCC2CN1C(=O)O. The third-order valence-electron chi connectivity index (χ3n) is 3.93. The van der Waals surface area contributed by atoms with Gasteiger partial charge in [0, 0.05) is 6.54 Å². The van der Waals surface area contributed by atoms with E-state index in [1.54, 1.807) is 0 Å². The normalized spacial score (nSPS) is 34.2. The zero-order chi connectivity index (χ0) is 11.7. The summed E-state index contributed by atoms with van der Waals surface area (Å²) in [5.74, 6) is -0.225. The highest BCUT2D eigenvalue weighted by atomic mass is 16.4. The molecule has 5 heteroatoms. The molecule has 90 valence electrons. The standard InChI is InChI=1S/C11H17NO4/c13-10(14)9-5-7-3-1-2-4-8(7)6-12(9)11(15)16/h7-9H,1-6H2,(H,13,14)(H,15,16)/t7?,8?,9-/m1/s1. The van der Waals surface area contributed by atoms with Crippen molar-refractivity contribution < 1.29 is 19.8 Å². The Labute approximate surface area is 94.0 Å². The molecular formula is C11H17NO4. The van der Waals surface area contributed by atoms with Crippen molar-refractivity contribution in [1.82, 2.24) is 4.90 Å². The second-order valence-corrected chi connectivity index (χ2v) is 4.83. The molecule has 2 unspecified atom stereocenters. The van der Waals surface area contributed by atoms with Crippen LogP contribution in [0.2, 0.25) is 0 Å². The van der Waals surface area contributed by atoms with Gasteiger partial charge in [0.25, 0.3) is 0 Å². The summed E-state index contributed by atoms with van der Waals surface area (Å²) in [6.07, 6.45) is 3.79. The first-order chi connectivity index (χ1) is 7.59.